The van der Waals surface area contributed by atoms with Crippen LogP contribution in [-0.4, -0.2) is 34.6 Å². The Morgan fingerprint density at radius 1 is 0.972 bits per heavy atom. The average molecular weight is 523 g/mol. The zero-order valence-corrected chi connectivity index (χ0v) is 22.8. The smallest absolute Gasteiger partial charge is 0.243 e. The Balaban J connectivity index is 1.85. The molecule has 3 aromatic carbocycles. The molecule has 0 radical (unpaired) electrons. The number of hydrogen-bond donors (Lipinski definition) is 1. The molecular formula is C30H35ClN2O2S. The minimum Gasteiger partial charge on any atom is -0.352 e. The molecule has 2 atom stereocenters. The Hall–Kier alpha value is -2.76. The Morgan fingerprint density at radius 2 is 1.67 bits per heavy atom. The molecule has 3 aromatic rings. The molecule has 0 saturated carbocycles. The third kappa shape index (κ3) is 8.72. The van der Waals surface area contributed by atoms with Gasteiger partial charge < -0.3 is 10.2 Å². The fourth-order valence-corrected chi connectivity index (χ4v) is 4.90. The van der Waals surface area contributed by atoms with Gasteiger partial charge in [0.15, 0.2) is 0 Å². The van der Waals surface area contributed by atoms with Gasteiger partial charge in [0, 0.05) is 41.1 Å². The van der Waals surface area contributed by atoms with Crippen LogP contribution in [0, 0.1) is 6.92 Å². The van der Waals surface area contributed by atoms with Gasteiger partial charge in [-0.05, 0) is 55.7 Å². The van der Waals surface area contributed by atoms with Crippen LogP contribution in [0.1, 0.15) is 43.4 Å². The molecule has 0 heterocycles. The van der Waals surface area contributed by atoms with Crippen LogP contribution in [0.5, 0.6) is 0 Å². The molecule has 0 bridgehead atoms. The van der Waals surface area contributed by atoms with E-state index in [1.165, 1.54) is 0 Å². The molecule has 6 heteroatoms. The molecular weight excluding hydrogens is 488 g/mol. The van der Waals surface area contributed by atoms with E-state index in [1.54, 1.807) is 16.7 Å². The van der Waals surface area contributed by atoms with Crippen molar-refractivity contribution < 1.29 is 9.59 Å². The van der Waals surface area contributed by atoms with Crippen LogP contribution in [0.3, 0.4) is 0 Å². The average Bonchev–Trinajstić information content (AvgIpc) is 2.87. The third-order valence-electron chi connectivity index (χ3n) is 6.11. The molecule has 190 valence electrons. The van der Waals surface area contributed by atoms with Gasteiger partial charge in [-0.3, -0.25) is 9.59 Å². The summed E-state index contributed by atoms with van der Waals surface area (Å²) in [4.78, 5) is 30.0. The quantitative estimate of drug-likeness (QED) is 0.270. The number of nitrogens with zero attached hydrogens (tertiary/aromatic N) is 1. The molecule has 4 nitrogen and oxygen atoms in total. The molecule has 0 aromatic heterocycles. The van der Waals surface area contributed by atoms with E-state index in [0.717, 1.165) is 28.0 Å². The summed E-state index contributed by atoms with van der Waals surface area (Å²) in [6, 6.07) is 25.1. The standard InChI is InChI=1S/C30H35ClN2O2S/c1-4-23(3)32-30(35)28(20-24-10-6-5-7-11-24)33(21-25-12-8-9-22(2)19-25)29(34)17-18-36-27-15-13-26(31)14-16-27/h5-16,19,23,28H,4,17-18,20-21H2,1-3H3,(H,32,35)/t23-,28+/m1/s1. The molecule has 0 aliphatic rings. The topological polar surface area (TPSA) is 49.4 Å². The molecule has 1 N–H and O–H groups in total. The number of nitrogens with one attached hydrogen (secondary N) is 1. The van der Waals surface area contributed by atoms with Gasteiger partial charge in [0.1, 0.15) is 6.04 Å². The number of benzene rings is 3. The molecule has 0 fully saturated rings. The Bertz CT molecular complexity index is 1120. The second kappa shape index (κ2) is 14.1. The number of halogens is 1. The van der Waals surface area contributed by atoms with Crippen molar-refractivity contribution in [1.82, 2.24) is 10.2 Å². The van der Waals surface area contributed by atoms with E-state index in [1.807, 2.05) is 93.6 Å². The maximum atomic E-state index is 13.7. The van der Waals surface area contributed by atoms with Gasteiger partial charge >= 0.3 is 0 Å². The van der Waals surface area contributed by atoms with Crippen molar-refractivity contribution in [2.75, 3.05) is 5.75 Å². The van der Waals surface area contributed by atoms with Gasteiger partial charge in [0.25, 0.3) is 0 Å². The lowest BCUT2D eigenvalue weighted by Gasteiger charge is -2.32. The molecule has 0 unspecified atom stereocenters. The predicted molar refractivity (Wildman–Crippen MR) is 150 cm³/mol. The first kappa shape index (κ1) is 27.8. The first-order chi connectivity index (χ1) is 17.4. The van der Waals surface area contributed by atoms with E-state index in [0.29, 0.717) is 30.2 Å². The summed E-state index contributed by atoms with van der Waals surface area (Å²) in [6.07, 6.45) is 1.62. The van der Waals surface area contributed by atoms with Crippen molar-refractivity contribution in [1.29, 1.82) is 0 Å². The zero-order valence-electron chi connectivity index (χ0n) is 21.2. The van der Waals surface area contributed by atoms with Crippen LogP contribution in [-0.2, 0) is 22.6 Å². The first-order valence-corrected chi connectivity index (χ1v) is 13.8. The summed E-state index contributed by atoms with van der Waals surface area (Å²) in [6.45, 7) is 6.46. The fourth-order valence-electron chi connectivity index (χ4n) is 3.93. The number of aryl methyl sites for hydroxylation is 1. The lowest BCUT2D eigenvalue weighted by atomic mass is 10.0. The lowest BCUT2D eigenvalue weighted by molar-refractivity contribution is -0.141. The van der Waals surface area contributed by atoms with Crippen molar-refractivity contribution in [3.8, 4) is 0 Å². The lowest BCUT2D eigenvalue weighted by Crippen LogP contribution is -2.52. The monoisotopic (exact) mass is 522 g/mol. The fraction of sp³-hybridized carbons (Fsp3) is 0.333. The van der Waals surface area contributed by atoms with Gasteiger partial charge in [-0.25, -0.2) is 0 Å². The number of carbonyl (C=O) groups excluding carboxylic acids is 2. The molecule has 2 amide bonds. The SMILES string of the molecule is CC[C@@H](C)NC(=O)[C@H](Cc1ccccc1)N(Cc1cccc(C)c1)C(=O)CCSc1ccc(Cl)cc1. The van der Waals surface area contributed by atoms with E-state index in [9.17, 15) is 9.59 Å². The molecule has 0 aliphatic carbocycles. The summed E-state index contributed by atoms with van der Waals surface area (Å²) >= 11 is 7.61. The normalized spacial score (nSPS) is 12.6. The molecule has 3 rings (SSSR count). The van der Waals surface area contributed by atoms with Gasteiger partial charge in [0.05, 0.1) is 0 Å². The second-order valence-electron chi connectivity index (χ2n) is 9.09. The highest BCUT2D eigenvalue weighted by atomic mass is 35.5. The Kier molecular flexibility index (Phi) is 10.9. The van der Waals surface area contributed by atoms with Crippen LogP contribution in [0.15, 0.2) is 83.8 Å². The summed E-state index contributed by atoms with van der Waals surface area (Å²) < 4.78 is 0. The minimum atomic E-state index is -0.602. The maximum Gasteiger partial charge on any atom is 0.243 e. The summed E-state index contributed by atoms with van der Waals surface area (Å²) in [5.74, 6) is 0.480. The number of amides is 2. The zero-order chi connectivity index (χ0) is 25.9. The van der Waals surface area contributed by atoms with Gasteiger partial charge in [-0.15, -0.1) is 11.8 Å². The Morgan fingerprint density at radius 3 is 2.33 bits per heavy atom. The second-order valence-corrected chi connectivity index (χ2v) is 10.7. The van der Waals surface area contributed by atoms with Gasteiger partial charge in [-0.1, -0.05) is 78.7 Å². The van der Waals surface area contributed by atoms with Crippen LogP contribution in [0.4, 0.5) is 0 Å². The van der Waals surface area contributed by atoms with Crippen LogP contribution in [0.25, 0.3) is 0 Å². The highest BCUT2D eigenvalue weighted by Crippen LogP contribution is 2.23. The minimum absolute atomic E-state index is 0.0294. The van der Waals surface area contributed by atoms with Crippen LogP contribution >= 0.6 is 23.4 Å². The summed E-state index contributed by atoms with van der Waals surface area (Å²) in [7, 11) is 0. The molecule has 0 aliphatic heterocycles. The first-order valence-electron chi connectivity index (χ1n) is 12.4. The van der Waals surface area contributed by atoms with E-state index in [4.69, 9.17) is 11.6 Å². The number of rotatable bonds is 12. The number of thioether (sulfide) groups is 1. The van der Waals surface area contributed by atoms with Crippen LogP contribution < -0.4 is 5.32 Å². The highest BCUT2D eigenvalue weighted by Gasteiger charge is 2.30. The van der Waals surface area contributed by atoms with E-state index in [-0.39, 0.29) is 17.9 Å². The van der Waals surface area contributed by atoms with Crippen molar-refractivity contribution in [2.45, 2.75) is 63.6 Å². The van der Waals surface area contributed by atoms with Gasteiger partial charge in [0.2, 0.25) is 11.8 Å². The number of carbonyl (C=O) groups is 2. The molecule has 36 heavy (non-hydrogen) atoms. The van der Waals surface area contributed by atoms with Gasteiger partial charge in [-0.2, -0.15) is 0 Å². The highest BCUT2D eigenvalue weighted by molar-refractivity contribution is 7.99. The third-order valence-corrected chi connectivity index (χ3v) is 7.37. The Labute approximate surface area is 224 Å². The van der Waals surface area contributed by atoms with E-state index >= 15 is 0 Å². The summed E-state index contributed by atoms with van der Waals surface area (Å²) in [5, 5.41) is 3.81. The predicted octanol–water partition coefficient (Wildman–Crippen LogP) is 6.69. The van der Waals surface area contributed by atoms with Crippen molar-refractivity contribution in [3.63, 3.8) is 0 Å². The molecule has 0 spiro atoms. The van der Waals surface area contributed by atoms with E-state index < -0.39 is 6.04 Å². The van der Waals surface area contributed by atoms with Crippen molar-refractivity contribution >= 4 is 35.2 Å². The maximum absolute atomic E-state index is 13.7. The van der Waals surface area contributed by atoms with Crippen LogP contribution in [0.2, 0.25) is 5.02 Å². The largest absolute Gasteiger partial charge is 0.352 e. The molecule has 0 saturated heterocycles. The summed E-state index contributed by atoms with van der Waals surface area (Å²) in [5.41, 5.74) is 3.17. The van der Waals surface area contributed by atoms with Crippen molar-refractivity contribution in [2.24, 2.45) is 0 Å². The van der Waals surface area contributed by atoms with Crippen molar-refractivity contribution in [3.05, 3.63) is 101 Å². The number of hydrogen-bond acceptors (Lipinski definition) is 3. The van der Waals surface area contributed by atoms with E-state index in [2.05, 4.69) is 11.4 Å².